The molecule has 164 valence electrons. The number of anilines is 2. The summed E-state index contributed by atoms with van der Waals surface area (Å²) in [5.41, 5.74) is 3.41. The predicted octanol–water partition coefficient (Wildman–Crippen LogP) is 4.65. The van der Waals surface area contributed by atoms with E-state index in [1.54, 1.807) is 17.0 Å². The van der Waals surface area contributed by atoms with Crippen LogP contribution in [0.1, 0.15) is 31.4 Å². The molecule has 1 aliphatic heterocycles. The van der Waals surface area contributed by atoms with Gasteiger partial charge in [0, 0.05) is 23.7 Å². The zero-order valence-corrected chi connectivity index (χ0v) is 18.9. The Bertz CT molecular complexity index is 987. The van der Waals surface area contributed by atoms with Crippen molar-refractivity contribution in [1.82, 2.24) is 0 Å². The Labute approximate surface area is 191 Å². The first-order chi connectivity index (χ1) is 14.8. The lowest BCUT2D eigenvalue weighted by Gasteiger charge is -2.23. The molecule has 0 aliphatic carbocycles. The summed E-state index contributed by atoms with van der Waals surface area (Å²) < 4.78 is 5.17. The van der Waals surface area contributed by atoms with Gasteiger partial charge in [0.05, 0.1) is 16.6 Å². The van der Waals surface area contributed by atoms with Gasteiger partial charge >= 0.3 is 5.97 Å². The van der Waals surface area contributed by atoms with Crippen LogP contribution in [-0.4, -0.2) is 30.9 Å². The van der Waals surface area contributed by atoms with E-state index in [2.05, 4.69) is 5.32 Å². The van der Waals surface area contributed by atoms with Crippen molar-refractivity contribution in [3.63, 3.8) is 0 Å². The number of nitrogens with one attached hydrogen (secondary N) is 1. The molecule has 2 aromatic carbocycles. The maximum absolute atomic E-state index is 12.7. The van der Waals surface area contributed by atoms with Crippen molar-refractivity contribution in [2.24, 2.45) is 5.92 Å². The highest BCUT2D eigenvalue weighted by Gasteiger charge is 2.37. The smallest absolute Gasteiger partial charge is 0.311 e. The first-order valence-electron chi connectivity index (χ1n) is 10.2. The predicted molar refractivity (Wildman–Crippen MR) is 122 cm³/mol. The molecule has 1 heterocycles. The number of esters is 1. The van der Waals surface area contributed by atoms with E-state index in [9.17, 15) is 14.4 Å². The monoisotopic (exact) mass is 462 g/mol. The van der Waals surface area contributed by atoms with Gasteiger partial charge in [0.15, 0.2) is 6.61 Å². The average Bonchev–Trinajstić information content (AvgIpc) is 3.14. The molecule has 0 bridgehead atoms. The molecule has 2 amide bonds. The molecule has 0 spiro atoms. The minimum absolute atomic E-state index is 0.0602. The van der Waals surface area contributed by atoms with E-state index in [1.807, 2.05) is 32.0 Å². The molecule has 2 aromatic rings. The Hall–Kier alpha value is -2.57. The van der Waals surface area contributed by atoms with Gasteiger partial charge in [-0.2, -0.15) is 0 Å². The van der Waals surface area contributed by atoms with Crippen LogP contribution < -0.4 is 10.2 Å². The molecule has 0 radical (unpaired) electrons. The fraction of sp³-hybridized carbons (Fsp3) is 0.348. The first kappa shape index (κ1) is 23.1. The van der Waals surface area contributed by atoms with Crippen LogP contribution in [0.15, 0.2) is 36.4 Å². The average molecular weight is 463 g/mol. The highest BCUT2D eigenvalue weighted by atomic mass is 35.5. The van der Waals surface area contributed by atoms with Gasteiger partial charge in [0.25, 0.3) is 5.91 Å². The van der Waals surface area contributed by atoms with Crippen LogP contribution in [0.3, 0.4) is 0 Å². The van der Waals surface area contributed by atoms with Crippen molar-refractivity contribution in [2.45, 2.75) is 33.1 Å². The van der Waals surface area contributed by atoms with Gasteiger partial charge in [-0.25, -0.2) is 0 Å². The fourth-order valence-electron chi connectivity index (χ4n) is 3.68. The highest BCUT2D eigenvalue weighted by Crippen LogP contribution is 2.33. The van der Waals surface area contributed by atoms with Crippen LogP contribution in [0.25, 0.3) is 0 Å². The molecule has 0 saturated carbocycles. The molecule has 3 rings (SSSR count). The maximum Gasteiger partial charge on any atom is 0.311 e. The Morgan fingerprint density at radius 1 is 1.13 bits per heavy atom. The van der Waals surface area contributed by atoms with Crippen molar-refractivity contribution in [2.75, 3.05) is 23.4 Å². The number of benzene rings is 2. The fourth-order valence-corrected chi connectivity index (χ4v) is 4.13. The second-order valence-electron chi connectivity index (χ2n) is 7.32. The maximum atomic E-state index is 12.7. The topological polar surface area (TPSA) is 75.7 Å². The van der Waals surface area contributed by atoms with E-state index in [0.29, 0.717) is 10.7 Å². The number of aryl methyl sites for hydroxylation is 2. The number of hydrogen-bond acceptors (Lipinski definition) is 4. The van der Waals surface area contributed by atoms with E-state index < -0.39 is 24.4 Å². The number of amides is 2. The summed E-state index contributed by atoms with van der Waals surface area (Å²) in [6, 6.07) is 10.6. The standard InChI is InChI=1S/C23H24Cl2N2O4/c1-3-14-6-5-7-15(4-2)22(14)27-12-16(10-21(27)29)23(30)31-13-20(28)26-19-9-8-17(24)11-18(19)25/h5-9,11,16H,3-4,10,12-13H2,1-2H3,(H,26,28)/t16-/m0/s1. The van der Waals surface area contributed by atoms with Crippen molar-refractivity contribution < 1.29 is 19.1 Å². The third-order valence-electron chi connectivity index (χ3n) is 5.24. The molecular weight excluding hydrogens is 439 g/mol. The summed E-state index contributed by atoms with van der Waals surface area (Å²) in [7, 11) is 0. The lowest BCUT2D eigenvalue weighted by Crippen LogP contribution is -2.29. The lowest BCUT2D eigenvalue weighted by atomic mass is 10.0. The van der Waals surface area contributed by atoms with Crippen molar-refractivity contribution in [3.05, 3.63) is 57.6 Å². The van der Waals surface area contributed by atoms with Crippen molar-refractivity contribution >= 4 is 52.4 Å². The minimum Gasteiger partial charge on any atom is -0.455 e. The largest absolute Gasteiger partial charge is 0.455 e. The third kappa shape index (κ3) is 5.38. The summed E-state index contributed by atoms with van der Waals surface area (Å²) >= 11 is 11.9. The Morgan fingerprint density at radius 2 is 1.81 bits per heavy atom. The molecular formula is C23H24Cl2N2O4. The number of para-hydroxylation sites is 1. The zero-order chi connectivity index (χ0) is 22.5. The van der Waals surface area contributed by atoms with E-state index in [1.165, 1.54) is 6.07 Å². The van der Waals surface area contributed by atoms with Crippen LogP contribution >= 0.6 is 23.2 Å². The summed E-state index contributed by atoms with van der Waals surface area (Å²) in [6.45, 7) is 3.85. The number of rotatable bonds is 7. The second kappa shape index (κ2) is 10.2. The van der Waals surface area contributed by atoms with Crippen molar-refractivity contribution in [3.8, 4) is 0 Å². The Kier molecular flexibility index (Phi) is 7.57. The van der Waals surface area contributed by atoms with Gasteiger partial charge in [-0.15, -0.1) is 0 Å². The summed E-state index contributed by atoms with van der Waals surface area (Å²) in [5, 5.41) is 3.30. The number of carbonyl (C=O) groups is 3. The molecule has 6 nitrogen and oxygen atoms in total. The first-order valence-corrected chi connectivity index (χ1v) is 10.9. The molecule has 1 fully saturated rings. The molecule has 1 N–H and O–H groups in total. The Morgan fingerprint density at radius 3 is 2.42 bits per heavy atom. The SMILES string of the molecule is CCc1cccc(CC)c1N1C[C@@H](C(=O)OCC(=O)Nc2ccc(Cl)cc2Cl)CC1=O. The number of nitrogens with zero attached hydrogens (tertiary/aromatic N) is 1. The number of ether oxygens (including phenoxy) is 1. The highest BCUT2D eigenvalue weighted by molar-refractivity contribution is 6.36. The van der Waals surface area contributed by atoms with Gasteiger partial charge in [-0.1, -0.05) is 55.2 Å². The van der Waals surface area contributed by atoms with Crippen LogP contribution in [0.4, 0.5) is 11.4 Å². The van der Waals surface area contributed by atoms with Crippen LogP contribution in [0.2, 0.25) is 10.0 Å². The molecule has 1 atom stereocenters. The van der Waals surface area contributed by atoms with Crippen molar-refractivity contribution in [1.29, 1.82) is 0 Å². The van der Waals surface area contributed by atoms with Crippen LogP contribution in [-0.2, 0) is 32.0 Å². The van der Waals surface area contributed by atoms with Crippen LogP contribution in [0.5, 0.6) is 0 Å². The number of hydrogen-bond donors (Lipinski definition) is 1. The lowest BCUT2D eigenvalue weighted by molar-refractivity contribution is -0.151. The van der Waals surface area contributed by atoms with E-state index in [4.69, 9.17) is 27.9 Å². The van der Waals surface area contributed by atoms with Gasteiger partial charge in [0.2, 0.25) is 5.91 Å². The summed E-state index contributed by atoms with van der Waals surface area (Å²) in [4.78, 5) is 39.0. The summed E-state index contributed by atoms with van der Waals surface area (Å²) in [6.07, 6.45) is 1.63. The second-order valence-corrected chi connectivity index (χ2v) is 8.16. The molecule has 8 heteroatoms. The van der Waals surface area contributed by atoms with Crippen LogP contribution in [0, 0.1) is 5.92 Å². The molecule has 31 heavy (non-hydrogen) atoms. The van der Waals surface area contributed by atoms with Gasteiger partial charge < -0.3 is 15.0 Å². The van der Waals surface area contributed by atoms with E-state index >= 15 is 0 Å². The van der Waals surface area contributed by atoms with E-state index in [-0.39, 0.29) is 23.9 Å². The molecule has 0 unspecified atom stereocenters. The van der Waals surface area contributed by atoms with Gasteiger partial charge in [0.1, 0.15) is 0 Å². The molecule has 1 saturated heterocycles. The van der Waals surface area contributed by atoms with E-state index in [0.717, 1.165) is 29.7 Å². The van der Waals surface area contributed by atoms with Gasteiger partial charge in [-0.3, -0.25) is 14.4 Å². The quantitative estimate of drug-likeness (QED) is 0.607. The number of carbonyl (C=O) groups excluding carboxylic acids is 3. The zero-order valence-electron chi connectivity index (χ0n) is 17.4. The Balaban J connectivity index is 1.61. The van der Waals surface area contributed by atoms with Gasteiger partial charge in [-0.05, 0) is 42.2 Å². The number of halogens is 2. The molecule has 1 aliphatic rings. The normalized spacial score (nSPS) is 15.8. The summed E-state index contributed by atoms with van der Waals surface area (Å²) in [5.74, 6) is -1.83. The molecule has 0 aromatic heterocycles. The minimum atomic E-state index is -0.617. The third-order valence-corrected chi connectivity index (χ3v) is 5.79.